The first kappa shape index (κ1) is 16.1. The van der Waals surface area contributed by atoms with Crippen molar-refractivity contribution in [1.29, 1.82) is 0 Å². The second-order valence-electron chi connectivity index (χ2n) is 6.93. The molecule has 4 rings (SSSR count). The Morgan fingerprint density at radius 2 is 2.12 bits per heavy atom. The number of fused-ring (bicyclic) bond motifs is 1. The van der Waals surface area contributed by atoms with Crippen LogP contribution in [0.15, 0.2) is 18.2 Å². The first-order chi connectivity index (χ1) is 12.1. The number of aromatic nitrogens is 2. The molecule has 2 atom stereocenters. The van der Waals surface area contributed by atoms with E-state index in [-0.39, 0.29) is 17.7 Å². The quantitative estimate of drug-likeness (QED) is 0.793. The lowest BCUT2D eigenvalue weighted by atomic mass is 9.92. The third-order valence-corrected chi connectivity index (χ3v) is 5.25. The third kappa shape index (κ3) is 2.68. The minimum atomic E-state index is -0.364. The lowest BCUT2D eigenvalue weighted by Gasteiger charge is -2.36. The average Bonchev–Trinajstić information content (AvgIpc) is 2.92. The molecule has 1 unspecified atom stereocenters. The molecule has 0 spiro atoms. The van der Waals surface area contributed by atoms with Crippen LogP contribution in [-0.2, 0) is 16.6 Å². The molecular weight excluding hydrogens is 318 g/mol. The van der Waals surface area contributed by atoms with E-state index in [9.17, 15) is 9.59 Å². The second-order valence-corrected chi connectivity index (χ2v) is 6.93. The SMILES string of the molecule is C[C@H]1CNCCN1c1cccc2c(C3CCC(=O)NC3=O)nn(C)c12. The van der Waals surface area contributed by atoms with Gasteiger partial charge in [0.15, 0.2) is 0 Å². The number of benzene rings is 1. The molecule has 2 amide bonds. The van der Waals surface area contributed by atoms with Gasteiger partial charge in [-0.25, -0.2) is 0 Å². The van der Waals surface area contributed by atoms with E-state index in [0.29, 0.717) is 18.9 Å². The summed E-state index contributed by atoms with van der Waals surface area (Å²) in [5.41, 5.74) is 2.98. The van der Waals surface area contributed by atoms with Crippen molar-refractivity contribution in [2.45, 2.75) is 31.7 Å². The molecule has 25 heavy (non-hydrogen) atoms. The van der Waals surface area contributed by atoms with Crippen LogP contribution in [0.25, 0.3) is 10.9 Å². The van der Waals surface area contributed by atoms with E-state index in [1.807, 2.05) is 23.9 Å². The number of anilines is 1. The van der Waals surface area contributed by atoms with Gasteiger partial charge in [-0.2, -0.15) is 5.10 Å². The zero-order valence-corrected chi connectivity index (χ0v) is 14.6. The molecule has 3 heterocycles. The molecule has 2 aliphatic rings. The highest BCUT2D eigenvalue weighted by molar-refractivity contribution is 6.03. The van der Waals surface area contributed by atoms with Crippen molar-refractivity contribution >= 4 is 28.4 Å². The summed E-state index contributed by atoms with van der Waals surface area (Å²) in [4.78, 5) is 26.1. The van der Waals surface area contributed by atoms with Gasteiger partial charge < -0.3 is 10.2 Å². The topological polar surface area (TPSA) is 79.3 Å². The number of piperazine rings is 1. The van der Waals surface area contributed by atoms with Gasteiger partial charge in [0.1, 0.15) is 0 Å². The molecule has 7 heteroatoms. The lowest BCUT2D eigenvalue weighted by molar-refractivity contribution is -0.134. The maximum atomic E-state index is 12.3. The van der Waals surface area contributed by atoms with Crippen molar-refractivity contribution in [3.8, 4) is 0 Å². The molecule has 1 aromatic carbocycles. The van der Waals surface area contributed by atoms with Crippen LogP contribution in [0.4, 0.5) is 5.69 Å². The normalized spacial score (nSPS) is 24.6. The molecule has 0 bridgehead atoms. The van der Waals surface area contributed by atoms with Crippen LogP contribution in [0.3, 0.4) is 0 Å². The summed E-state index contributed by atoms with van der Waals surface area (Å²) in [5.74, 6) is -0.800. The van der Waals surface area contributed by atoms with Gasteiger partial charge in [0, 0.05) is 44.5 Å². The fourth-order valence-corrected chi connectivity index (χ4v) is 3.99. The molecule has 0 saturated carbocycles. The van der Waals surface area contributed by atoms with Crippen LogP contribution in [0.2, 0.25) is 0 Å². The van der Waals surface area contributed by atoms with Crippen LogP contribution in [0.5, 0.6) is 0 Å². The van der Waals surface area contributed by atoms with Gasteiger partial charge in [-0.05, 0) is 19.4 Å². The zero-order valence-electron chi connectivity index (χ0n) is 14.6. The van der Waals surface area contributed by atoms with Crippen LogP contribution >= 0.6 is 0 Å². The number of nitrogens with zero attached hydrogens (tertiary/aromatic N) is 3. The summed E-state index contributed by atoms with van der Waals surface area (Å²) in [6.07, 6.45) is 0.883. The molecule has 2 aliphatic heterocycles. The van der Waals surface area contributed by atoms with E-state index >= 15 is 0 Å². The summed E-state index contributed by atoms with van der Waals surface area (Å²) in [6, 6.07) is 6.58. The number of hydrogen-bond donors (Lipinski definition) is 2. The summed E-state index contributed by atoms with van der Waals surface area (Å²) in [5, 5.41) is 11.5. The van der Waals surface area contributed by atoms with Crippen molar-refractivity contribution in [2.75, 3.05) is 24.5 Å². The van der Waals surface area contributed by atoms with Crippen molar-refractivity contribution < 1.29 is 9.59 Å². The number of imide groups is 1. The summed E-state index contributed by atoms with van der Waals surface area (Å²) in [7, 11) is 1.92. The molecule has 0 aliphatic carbocycles. The molecule has 7 nitrogen and oxygen atoms in total. The van der Waals surface area contributed by atoms with Gasteiger partial charge in [-0.15, -0.1) is 0 Å². The number of para-hydroxylation sites is 1. The van der Waals surface area contributed by atoms with E-state index in [1.165, 1.54) is 0 Å². The Morgan fingerprint density at radius 1 is 1.28 bits per heavy atom. The van der Waals surface area contributed by atoms with Crippen molar-refractivity contribution in [2.24, 2.45) is 7.05 Å². The number of piperidine rings is 1. The Labute approximate surface area is 146 Å². The van der Waals surface area contributed by atoms with Gasteiger partial charge in [0.25, 0.3) is 0 Å². The summed E-state index contributed by atoms with van der Waals surface area (Å²) >= 11 is 0. The number of amides is 2. The standard InChI is InChI=1S/C18H23N5O2/c1-11-10-19-8-9-23(11)14-5-3-4-12-16(21-22(2)17(12)14)13-6-7-15(24)20-18(13)25/h3-5,11,13,19H,6-10H2,1-2H3,(H,20,24,25)/t11-,13?/m0/s1. The molecule has 2 saturated heterocycles. The van der Waals surface area contributed by atoms with Gasteiger partial charge in [-0.1, -0.05) is 12.1 Å². The van der Waals surface area contributed by atoms with Crippen molar-refractivity contribution in [1.82, 2.24) is 20.4 Å². The highest BCUT2D eigenvalue weighted by Gasteiger charge is 2.32. The van der Waals surface area contributed by atoms with Gasteiger partial charge in [0.2, 0.25) is 11.8 Å². The second kappa shape index (κ2) is 6.15. The molecule has 0 radical (unpaired) electrons. The Bertz CT molecular complexity index is 843. The Hall–Kier alpha value is -2.41. The molecular formula is C18H23N5O2. The number of rotatable bonds is 2. The van der Waals surface area contributed by atoms with Gasteiger partial charge >= 0.3 is 0 Å². The Kier molecular flexibility index (Phi) is 3.95. The minimum absolute atomic E-state index is 0.197. The minimum Gasteiger partial charge on any atom is -0.365 e. The van der Waals surface area contributed by atoms with E-state index in [0.717, 1.165) is 41.9 Å². The number of carbonyl (C=O) groups is 2. The lowest BCUT2D eigenvalue weighted by Crippen LogP contribution is -2.50. The fraction of sp³-hybridized carbons (Fsp3) is 0.500. The van der Waals surface area contributed by atoms with E-state index in [2.05, 4.69) is 33.6 Å². The van der Waals surface area contributed by atoms with Gasteiger partial charge in [0.05, 0.1) is 22.8 Å². The number of hydrogen-bond acceptors (Lipinski definition) is 5. The summed E-state index contributed by atoms with van der Waals surface area (Å²) in [6.45, 7) is 5.06. The first-order valence-corrected chi connectivity index (χ1v) is 8.83. The molecule has 2 aromatic rings. The number of carbonyl (C=O) groups excluding carboxylic acids is 2. The predicted octanol–water partition coefficient (Wildman–Crippen LogP) is 0.892. The van der Waals surface area contributed by atoms with Crippen LogP contribution in [0, 0.1) is 0 Å². The fourth-order valence-electron chi connectivity index (χ4n) is 3.99. The van der Waals surface area contributed by atoms with Gasteiger partial charge in [-0.3, -0.25) is 19.6 Å². The zero-order chi connectivity index (χ0) is 17.6. The largest absolute Gasteiger partial charge is 0.365 e. The van der Waals surface area contributed by atoms with Crippen molar-refractivity contribution in [3.05, 3.63) is 23.9 Å². The van der Waals surface area contributed by atoms with E-state index in [4.69, 9.17) is 0 Å². The van der Waals surface area contributed by atoms with Crippen molar-refractivity contribution in [3.63, 3.8) is 0 Å². The highest BCUT2D eigenvalue weighted by Crippen LogP contribution is 2.35. The Morgan fingerprint density at radius 3 is 2.88 bits per heavy atom. The maximum Gasteiger partial charge on any atom is 0.235 e. The molecule has 132 valence electrons. The maximum absolute atomic E-state index is 12.3. The van der Waals surface area contributed by atoms with E-state index in [1.54, 1.807) is 0 Å². The molecule has 1 aromatic heterocycles. The Balaban J connectivity index is 1.80. The number of nitrogens with one attached hydrogen (secondary N) is 2. The van der Waals surface area contributed by atoms with Crippen LogP contribution in [-0.4, -0.2) is 47.3 Å². The monoisotopic (exact) mass is 341 g/mol. The van der Waals surface area contributed by atoms with E-state index < -0.39 is 0 Å². The first-order valence-electron chi connectivity index (χ1n) is 8.83. The highest BCUT2D eigenvalue weighted by atomic mass is 16.2. The molecule has 2 N–H and O–H groups in total. The van der Waals surface area contributed by atoms with Crippen LogP contribution in [0.1, 0.15) is 31.4 Å². The predicted molar refractivity (Wildman–Crippen MR) is 95.5 cm³/mol. The third-order valence-electron chi connectivity index (χ3n) is 5.25. The smallest absolute Gasteiger partial charge is 0.235 e. The average molecular weight is 341 g/mol. The van der Waals surface area contributed by atoms with Crippen LogP contribution < -0.4 is 15.5 Å². The summed E-state index contributed by atoms with van der Waals surface area (Å²) < 4.78 is 1.87. The molecule has 2 fully saturated rings. The number of aryl methyl sites for hydroxylation is 1.